The predicted octanol–water partition coefficient (Wildman–Crippen LogP) is 3.23. The van der Waals surface area contributed by atoms with Crippen LogP contribution in [0.1, 0.15) is 42.9 Å². The van der Waals surface area contributed by atoms with Crippen molar-refractivity contribution in [1.29, 1.82) is 0 Å². The van der Waals surface area contributed by atoms with E-state index in [4.69, 9.17) is 9.47 Å². The number of hydrogen-bond donors (Lipinski definition) is 1. The number of ether oxygens (including phenoxy) is 2. The number of benzene rings is 1. The molecule has 7 heteroatoms. The Labute approximate surface area is 168 Å². The lowest BCUT2D eigenvalue weighted by molar-refractivity contribution is -0.115. The molecule has 28 heavy (non-hydrogen) atoms. The number of amides is 1. The molecule has 2 aliphatic heterocycles. The average Bonchev–Trinajstić information content (AvgIpc) is 2.94. The van der Waals surface area contributed by atoms with Crippen molar-refractivity contribution >= 4 is 28.4 Å². The van der Waals surface area contributed by atoms with E-state index in [-0.39, 0.29) is 18.6 Å². The SMILES string of the molecule is CCOC(=O)OC1=C(c2cc(C)ccc2C)C(=O)NC1CC1CCS(=O)CC1. The van der Waals surface area contributed by atoms with E-state index in [1.165, 1.54) is 0 Å². The molecule has 0 saturated carbocycles. The molecule has 1 saturated heterocycles. The molecule has 1 N–H and O–H groups in total. The van der Waals surface area contributed by atoms with E-state index in [2.05, 4.69) is 5.32 Å². The lowest BCUT2D eigenvalue weighted by atomic mass is 9.92. The molecular weight excluding hydrogens is 378 g/mol. The van der Waals surface area contributed by atoms with Gasteiger partial charge in [-0.2, -0.15) is 0 Å². The van der Waals surface area contributed by atoms with Gasteiger partial charge >= 0.3 is 6.16 Å². The van der Waals surface area contributed by atoms with Crippen molar-refractivity contribution in [3.8, 4) is 0 Å². The van der Waals surface area contributed by atoms with Crippen molar-refractivity contribution in [3.63, 3.8) is 0 Å². The van der Waals surface area contributed by atoms with Gasteiger partial charge < -0.3 is 14.8 Å². The highest BCUT2D eigenvalue weighted by Crippen LogP contribution is 2.34. The van der Waals surface area contributed by atoms with Gasteiger partial charge in [0.1, 0.15) is 5.76 Å². The second kappa shape index (κ2) is 8.90. The molecule has 1 aromatic carbocycles. The largest absolute Gasteiger partial charge is 0.513 e. The highest BCUT2D eigenvalue weighted by Gasteiger charge is 2.38. The maximum absolute atomic E-state index is 12.8. The Bertz CT molecular complexity index is 822. The molecule has 0 radical (unpaired) electrons. The summed E-state index contributed by atoms with van der Waals surface area (Å²) in [6.45, 7) is 5.80. The third kappa shape index (κ3) is 4.63. The zero-order valence-corrected chi connectivity index (χ0v) is 17.4. The van der Waals surface area contributed by atoms with E-state index in [9.17, 15) is 13.8 Å². The molecule has 1 fully saturated rings. The van der Waals surface area contributed by atoms with Gasteiger partial charge in [-0.15, -0.1) is 0 Å². The molecular formula is C21H27NO5S. The number of rotatable bonds is 5. The summed E-state index contributed by atoms with van der Waals surface area (Å²) in [5.41, 5.74) is 3.13. The monoisotopic (exact) mass is 405 g/mol. The van der Waals surface area contributed by atoms with Crippen LogP contribution in [-0.4, -0.2) is 40.4 Å². The molecule has 0 aromatic heterocycles. The summed E-state index contributed by atoms with van der Waals surface area (Å²) in [4.78, 5) is 24.9. The molecule has 1 amide bonds. The van der Waals surface area contributed by atoms with Crippen LogP contribution in [-0.2, 0) is 25.1 Å². The molecule has 1 unspecified atom stereocenters. The van der Waals surface area contributed by atoms with Crippen LogP contribution < -0.4 is 5.32 Å². The zero-order chi connectivity index (χ0) is 20.3. The van der Waals surface area contributed by atoms with Gasteiger partial charge in [0.25, 0.3) is 5.91 Å². The molecule has 152 valence electrons. The summed E-state index contributed by atoms with van der Waals surface area (Å²) in [7, 11) is -0.739. The quantitative estimate of drug-likeness (QED) is 0.761. The Morgan fingerprint density at radius 3 is 2.64 bits per heavy atom. The van der Waals surface area contributed by atoms with Crippen molar-refractivity contribution in [3.05, 3.63) is 40.6 Å². The van der Waals surface area contributed by atoms with E-state index in [1.54, 1.807) is 6.92 Å². The molecule has 2 heterocycles. The fourth-order valence-electron chi connectivity index (χ4n) is 3.78. The Hall–Kier alpha value is -2.15. The van der Waals surface area contributed by atoms with Crippen LogP contribution in [0.2, 0.25) is 0 Å². The number of carbonyl (C=O) groups excluding carboxylic acids is 2. The Morgan fingerprint density at radius 2 is 1.96 bits per heavy atom. The first-order valence-electron chi connectivity index (χ1n) is 9.71. The summed E-state index contributed by atoms with van der Waals surface area (Å²) >= 11 is 0. The third-order valence-corrected chi connectivity index (χ3v) is 6.67. The molecule has 2 aliphatic rings. The number of hydrogen-bond acceptors (Lipinski definition) is 5. The molecule has 3 rings (SSSR count). The van der Waals surface area contributed by atoms with Crippen molar-refractivity contribution in [2.45, 2.75) is 46.1 Å². The predicted molar refractivity (Wildman–Crippen MR) is 108 cm³/mol. The van der Waals surface area contributed by atoms with E-state index in [0.717, 1.165) is 29.5 Å². The van der Waals surface area contributed by atoms with Crippen LogP contribution in [0.4, 0.5) is 4.79 Å². The topological polar surface area (TPSA) is 81.7 Å². The molecule has 0 aliphatic carbocycles. The van der Waals surface area contributed by atoms with E-state index in [1.807, 2.05) is 32.0 Å². The van der Waals surface area contributed by atoms with Crippen molar-refractivity contribution in [2.24, 2.45) is 5.92 Å². The van der Waals surface area contributed by atoms with E-state index >= 15 is 0 Å². The third-order valence-electron chi connectivity index (χ3n) is 5.29. The van der Waals surface area contributed by atoms with Gasteiger partial charge in [0.2, 0.25) is 0 Å². The van der Waals surface area contributed by atoms with Gasteiger partial charge in [-0.25, -0.2) is 4.79 Å². The second-order valence-corrected chi connectivity index (χ2v) is 9.09. The van der Waals surface area contributed by atoms with Crippen molar-refractivity contribution in [1.82, 2.24) is 5.32 Å². The van der Waals surface area contributed by atoms with Crippen LogP contribution in [0.15, 0.2) is 24.0 Å². The first kappa shape index (κ1) is 20.6. The van der Waals surface area contributed by atoms with E-state index in [0.29, 0.717) is 35.2 Å². The molecule has 1 aromatic rings. The molecule has 1 atom stereocenters. The minimum Gasteiger partial charge on any atom is -0.434 e. The Balaban J connectivity index is 1.94. The summed E-state index contributed by atoms with van der Waals surface area (Å²) in [5, 5.41) is 2.98. The van der Waals surface area contributed by atoms with Gasteiger partial charge in [0.05, 0.1) is 18.2 Å². The van der Waals surface area contributed by atoms with Gasteiger partial charge in [-0.3, -0.25) is 9.00 Å². The first-order chi connectivity index (χ1) is 13.4. The molecule has 0 spiro atoms. The van der Waals surface area contributed by atoms with Crippen LogP contribution >= 0.6 is 0 Å². The van der Waals surface area contributed by atoms with Crippen molar-refractivity contribution in [2.75, 3.05) is 18.1 Å². The van der Waals surface area contributed by atoms with Gasteiger partial charge in [-0.1, -0.05) is 23.8 Å². The number of aryl methyl sites for hydroxylation is 2. The van der Waals surface area contributed by atoms with Gasteiger partial charge in [0, 0.05) is 22.3 Å². The number of nitrogens with one attached hydrogen (secondary N) is 1. The van der Waals surface area contributed by atoms with Crippen LogP contribution in [0.5, 0.6) is 0 Å². The fourth-order valence-corrected chi connectivity index (χ4v) is 5.18. The van der Waals surface area contributed by atoms with Crippen molar-refractivity contribution < 1.29 is 23.3 Å². The second-order valence-electron chi connectivity index (χ2n) is 7.40. The smallest absolute Gasteiger partial charge is 0.434 e. The summed E-state index contributed by atoms with van der Waals surface area (Å²) in [6, 6.07) is 5.49. The van der Waals surface area contributed by atoms with Crippen LogP contribution in [0.3, 0.4) is 0 Å². The summed E-state index contributed by atoms with van der Waals surface area (Å²) in [6.07, 6.45) is 1.56. The van der Waals surface area contributed by atoms with Crippen LogP contribution in [0, 0.1) is 19.8 Å². The highest BCUT2D eigenvalue weighted by molar-refractivity contribution is 7.85. The highest BCUT2D eigenvalue weighted by atomic mass is 32.2. The normalized spacial score (nSPS) is 24.8. The maximum atomic E-state index is 12.8. The van der Waals surface area contributed by atoms with Crippen LogP contribution in [0.25, 0.3) is 5.57 Å². The lowest BCUT2D eigenvalue weighted by Gasteiger charge is -2.25. The maximum Gasteiger partial charge on any atom is 0.513 e. The minimum atomic E-state index is -0.799. The summed E-state index contributed by atoms with van der Waals surface area (Å²) < 4.78 is 22.1. The Kier molecular flexibility index (Phi) is 6.54. The van der Waals surface area contributed by atoms with E-state index < -0.39 is 17.0 Å². The molecule has 6 nitrogen and oxygen atoms in total. The van der Waals surface area contributed by atoms with Gasteiger partial charge in [-0.05, 0) is 57.1 Å². The minimum absolute atomic E-state index is 0.200. The van der Waals surface area contributed by atoms with Gasteiger partial charge in [0.15, 0.2) is 0 Å². The standard InChI is InChI=1S/C21H27NO5S/c1-4-26-21(24)27-19-17(12-15-7-9-28(25)10-8-15)22-20(23)18(19)16-11-13(2)5-6-14(16)3/h5-6,11,15,17H,4,7-10,12H2,1-3H3,(H,22,23). The molecule has 0 bridgehead atoms. The zero-order valence-electron chi connectivity index (χ0n) is 16.6. The number of carbonyl (C=O) groups is 2. The lowest BCUT2D eigenvalue weighted by Crippen LogP contribution is -2.33. The summed E-state index contributed by atoms with van der Waals surface area (Å²) in [5.74, 6) is 1.81. The first-order valence-corrected chi connectivity index (χ1v) is 11.2. The average molecular weight is 406 g/mol. The Morgan fingerprint density at radius 1 is 1.25 bits per heavy atom. The fraction of sp³-hybridized carbons (Fsp3) is 0.524.